The average molecular weight is 426 g/mol. The van der Waals surface area contributed by atoms with Crippen LogP contribution in [0.25, 0.3) is 0 Å². The van der Waals surface area contributed by atoms with Crippen molar-refractivity contribution in [1.82, 2.24) is 4.90 Å². The first-order chi connectivity index (χ1) is 14.6. The van der Waals surface area contributed by atoms with Gasteiger partial charge in [0.05, 0.1) is 23.3 Å². The normalized spacial score (nSPS) is 12.9. The summed E-state index contributed by atoms with van der Waals surface area (Å²) in [5.74, 6) is -2.86. The number of esters is 1. The number of carbonyl (C=O) groups is 5. The lowest BCUT2D eigenvalue weighted by molar-refractivity contribution is 0.0522. The van der Waals surface area contributed by atoms with Gasteiger partial charge in [0.2, 0.25) is 5.88 Å². The average Bonchev–Trinajstić information content (AvgIpc) is 3.15. The van der Waals surface area contributed by atoms with Crippen molar-refractivity contribution in [2.24, 2.45) is 0 Å². The number of Topliss-reactive ketones (excluding diaryl/α,β-unsaturated/α-hetero) is 1. The Kier molecular flexibility index (Phi) is 5.79. The minimum Gasteiger partial charge on any atom is -0.462 e. The summed E-state index contributed by atoms with van der Waals surface area (Å²) in [6.45, 7) is 7.89. The van der Waals surface area contributed by atoms with Gasteiger partial charge in [-0.1, -0.05) is 0 Å². The first kappa shape index (κ1) is 21.9. The summed E-state index contributed by atoms with van der Waals surface area (Å²) >= 11 is 0. The van der Waals surface area contributed by atoms with Crippen LogP contribution < -0.4 is 5.32 Å². The molecule has 1 aliphatic rings. The van der Waals surface area contributed by atoms with Crippen molar-refractivity contribution in [3.63, 3.8) is 0 Å². The molecular weight excluding hydrogens is 404 g/mol. The van der Waals surface area contributed by atoms with E-state index in [-0.39, 0.29) is 52.1 Å². The molecule has 0 aliphatic carbocycles. The molecule has 1 aromatic heterocycles. The highest BCUT2D eigenvalue weighted by Gasteiger charge is 2.37. The standard InChI is InChI=1S/C22H22N2O7/c1-6-30-22(29)17-16(11(4)25)12(5)31-19(17)23-18(26)13-7-8-14-15(9-13)21(28)24(10(2)3)20(14)27/h7-10H,6H2,1-5H3,(H,23,26). The van der Waals surface area contributed by atoms with Crippen molar-refractivity contribution >= 4 is 35.4 Å². The summed E-state index contributed by atoms with van der Waals surface area (Å²) in [5.41, 5.74) is 0.278. The van der Waals surface area contributed by atoms with Crippen molar-refractivity contribution in [3.8, 4) is 0 Å². The molecule has 0 fully saturated rings. The third-order valence-electron chi connectivity index (χ3n) is 4.84. The number of rotatable bonds is 6. The van der Waals surface area contributed by atoms with Crippen LogP contribution in [0, 0.1) is 6.92 Å². The molecule has 3 amide bonds. The van der Waals surface area contributed by atoms with Crippen LogP contribution in [0.15, 0.2) is 22.6 Å². The molecule has 0 bridgehead atoms. The van der Waals surface area contributed by atoms with Gasteiger partial charge in [-0.2, -0.15) is 0 Å². The summed E-state index contributed by atoms with van der Waals surface area (Å²) in [6, 6.07) is 3.80. The highest BCUT2D eigenvalue weighted by atomic mass is 16.5. The van der Waals surface area contributed by atoms with Crippen LogP contribution in [0.2, 0.25) is 0 Å². The van der Waals surface area contributed by atoms with Crippen LogP contribution in [-0.4, -0.2) is 47.0 Å². The Morgan fingerprint density at radius 1 is 1.10 bits per heavy atom. The number of ketones is 1. The number of ether oxygens (including phenoxy) is 1. The van der Waals surface area contributed by atoms with E-state index in [1.54, 1.807) is 20.8 Å². The molecule has 9 heteroatoms. The van der Waals surface area contributed by atoms with Crippen LogP contribution in [0.3, 0.4) is 0 Å². The molecule has 0 saturated heterocycles. The zero-order valence-electron chi connectivity index (χ0n) is 17.8. The number of nitrogens with one attached hydrogen (secondary N) is 1. The molecule has 1 N–H and O–H groups in total. The number of anilines is 1. The van der Waals surface area contributed by atoms with Crippen molar-refractivity contribution in [2.45, 2.75) is 40.7 Å². The number of aryl methyl sites for hydroxylation is 1. The zero-order chi connectivity index (χ0) is 23.0. The van der Waals surface area contributed by atoms with Gasteiger partial charge in [0.25, 0.3) is 17.7 Å². The van der Waals surface area contributed by atoms with Crippen LogP contribution in [0.5, 0.6) is 0 Å². The maximum Gasteiger partial charge on any atom is 0.344 e. The van der Waals surface area contributed by atoms with Crippen molar-refractivity contribution < 1.29 is 33.1 Å². The lowest BCUT2D eigenvalue weighted by Crippen LogP contribution is -2.35. The van der Waals surface area contributed by atoms with Gasteiger partial charge in [0, 0.05) is 11.6 Å². The smallest absolute Gasteiger partial charge is 0.344 e. The zero-order valence-corrected chi connectivity index (χ0v) is 17.8. The monoisotopic (exact) mass is 426 g/mol. The number of nitrogens with zero attached hydrogens (tertiary/aromatic N) is 1. The SMILES string of the molecule is CCOC(=O)c1c(NC(=O)c2ccc3c(c2)C(=O)N(C(C)C)C3=O)oc(C)c1C(C)=O. The molecule has 2 aromatic rings. The summed E-state index contributed by atoms with van der Waals surface area (Å²) in [7, 11) is 0. The molecule has 0 radical (unpaired) electrons. The Balaban J connectivity index is 1.96. The maximum atomic E-state index is 12.8. The molecule has 162 valence electrons. The number of hydrogen-bond acceptors (Lipinski definition) is 7. The van der Waals surface area contributed by atoms with Gasteiger partial charge in [-0.15, -0.1) is 0 Å². The molecule has 0 spiro atoms. The third-order valence-corrected chi connectivity index (χ3v) is 4.84. The first-order valence-corrected chi connectivity index (χ1v) is 9.73. The molecule has 0 unspecified atom stereocenters. The van der Waals surface area contributed by atoms with E-state index in [0.29, 0.717) is 0 Å². The first-order valence-electron chi connectivity index (χ1n) is 9.73. The molecular formula is C22H22N2O7. The van der Waals surface area contributed by atoms with E-state index < -0.39 is 29.5 Å². The third kappa shape index (κ3) is 3.74. The van der Waals surface area contributed by atoms with Gasteiger partial charge < -0.3 is 9.15 Å². The predicted octanol–water partition coefficient (Wildman–Crippen LogP) is 3.22. The second-order valence-electron chi connectivity index (χ2n) is 7.30. The van der Waals surface area contributed by atoms with Crippen molar-refractivity contribution in [3.05, 3.63) is 51.8 Å². The van der Waals surface area contributed by atoms with E-state index in [0.717, 1.165) is 4.90 Å². The number of benzene rings is 1. The molecule has 2 heterocycles. The van der Waals surface area contributed by atoms with Crippen molar-refractivity contribution in [1.29, 1.82) is 0 Å². The van der Waals surface area contributed by atoms with Gasteiger partial charge in [-0.3, -0.25) is 29.4 Å². The van der Waals surface area contributed by atoms with Crippen LogP contribution >= 0.6 is 0 Å². The highest BCUT2D eigenvalue weighted by molar-refractivity contribution is 6.22. The molecule has 3 rings (SSSR count). The Morgan fingerprint density at radius 3 is 2.32 bits per heavy atom. The number of carbonyl (C=O) groups excluding carboxylic acids is 5. The van der Waals surface area contributed by atoms with E-state index in [1.807, 2.05) is 0 Å². The topological polar surface area (TPSA) is 123 Å². The maximum absolute atomic E-state index is 12.8. The number of amides is 3. The van der Waals surface area contributed by atoms with Crippen molar-refractivity contribution in [2.75, 3.05) is 11.9 Å². The van der Waals surface area contributed by atoms with Crippen LogP contribution in [0.1, 0.15) is 85.2 Å². The Morgan fingerprint density at radius 2 is 1.74 bits per heavy atom. The van der Waals surface area contributed by atoms with E-state index in [1.165, 1.54) is 32.0 Å². The lowest BCUT2D eigenvalue weighted by Gasteiger charge is -2.17. The van der Waals surface area contributed by atoms with E-state index in [2.05, 4.69) is 5.32 Å². The minimum absolute atomic E-state index is 0.0241. The summed E-state index contributed by atoms with van der Waals surface area (Å²) < 4.78 is 10.5. The fourth-order valence-electron chi connectivity index (χ4n) is 3.50. The van der Waals surface area contributed by atoms with Gasteiger partial charge in [0.15, 0.2) is 5.78 Å². The molecule has 1 aromatic carbocycles. The van der Waals surface area contributed by atoms with E-state index in [4.69, 9.17) is 9.15 Å². The second kappa shape index (κ2) is 8.17. The summed E-state index contributed by atoms with van der Waals surface area (Å²) in [4.78, 5) is 63.3. The van der Waals surface area contributed by atoms with E-state index >= 15 is 0 Å². The van der Waals surface area contributed by atoms with Gasteiger partial charge in [-0.05, 0) is 52.8 Å². The Labute approximate surface area is 178 Å². The molecule has 31 heavy (non-hydrogen) atoms. The fraction of sp³-hybridized carbons (Fsp3) is 0.318. The highest BCUT2D eigenvalue weighted by Crippen LogP contribution is 2.30. The summed E-state index contributed by atoms with van der Waals surface area (Å²) in [6.07, 6.45) is 0. The largest absolute Gasteiger partial charge is 0.462 e. The number of furan rings is 1. The van der Waals surface area contributed by atoms with Crippen LogP contribution in [-0.2, 0) is 4.74 Å². The fourth-order valence-corrected chi connectivity index (χ4v) is 3.50. The Hall–Kier alpha value is -3.75. The molecule has 9 nitrogen and oxygen atoms in total. The van der Waals surface area contributed by atoms with Gasteiger partial charge >= 0.3 is 5.97 Å². The van der Waals surface area contributed by atoms with Crippen LogP contribution in [0.4, 0.5) is 5.88 Å². The number of hydrogen-bond donors (Lipinski definition) is 1. The van der Waals surface area contributed by atoms with E-state index in [9.17, 15) is 24.0 Å². The molecule has 0 atom stereocenters. The summed E-state index contributed by atoms with van der Waals surface area (Å²) in [5, 5.41) is 2.46. The lowest BCUT2D eigenvalue weighted by atomic mass is 10.0. The molecule has 0 saturated carbocycles. The molecule has 1 aliphatic heterocycles. The second-order valence-corrected chi connectivity index (χ2v) is 7.30. The van der Waals surface area contributed by atoms with Gasteiger partial charge in [0.1, 0.15) is 11.3 Å². The quantitative estimate of drug-likeness (QED) is 0.427. The Bertz CT molecular complexity index is 1130. The predicted molar refractivity (Wildman–Crippen MR) is 109 cm³/mol. The number of imide groups is 1. The van der Waals surface area contributed by atoms with Gasteiger partial charge in [-0.25, -0.2) is 4.79 Å². The number of fused-ring (bicyclic) bond motifs is 1. The minimum atomic E-state index is -0.804.